The fraction of sp³-hybridized carbons (Fsp3) is 0.316. The molecule has 1 aliphatic rings. The molecule has 0 aliphatic heterocycles. The van der Waals surface area contributed by atoms with E-state index in [2.05, 4.69) is 4.72 Å². The van der Waals surface area contributed by atoms with E-state index < -0.39 is 10.0 Å². The molecule has 0 radical (unpaired) electrons. The predicted octanol–water partition coefficient (Wildman–Crippen LogP) is 3.55. The standard InChI is InChI=1S/C19H21NO3S/c1-13-6-8-17(10-14(13)2)20-24(22,23)19-9-7-16-11-18(21)5-3-4-15(16)12-19/h6-10,12,20H,3-5,11H2,1-2H3. The molecule has 0 atom stereocenters. The molecule has 0 heterocycles. The van der Waals surface area contributed by atoms with Gasteiger partial charge in [0.2, 0.25) is 0 Å². The number of fused-ring (bicyclic) bond motifs is 1. The van der Waals surface area contributed by atoms with Gasteiger partial charge in [0, 0.05) is 18.5 Å². The lowest BCUT2D eigenvalue weighted by Crippen LogP contribution is -2.14. The van der Waals surface area contributed by atoms with E-state index in [4.69, 9.17) is 0 Å². The van der Waals surface area contributed by atoms with Crippen molar-refractivity contribution in [3.8, 4) is 0 Å². The Morgan fingerprint density at radius 1 is 0.917 bits per heavy atom. The molecule has 0 bridgehead atoms. The van der Waals surface area contributed by atoms with E-state index in [0.717, 1.165) is 35.1 Å². The van der Waals surface area contributed by atoms with Gasteiger partial charge in [0.1, 0.15) is 5.78 Å². The van der Waals surface area contributed by atoms with Crippen molar-refractivity contribution in [2.75, 3.05) is 4.72 Å². The number of ketones is 1. The molecule has 0 fully saturated rings. The van der Waals surface area contributed by atoms with E-state index in [9.17, 15) is 13.2 Å². The summed E-state index contributed by atoms with van der Waals surface area (Å²) in [6, 6.07) is 10.6. The number of rotatable bonds is 3. The van der Waals surface area contributed by atoms with Crippen molar-refractivity contribution < 1.29 is 13.2 Å². The molecule has 0 saturated heterocycles. The average molecular weight is 343 g/mol. The van der Waals surface area contributed by atoms with E-state index in [1.54, 1.807) is 24.3 Å². The minimum absolute atomic E-state index is 0.220. The second kappa shape index (κ2) is 6.40. The number of nitrogens with one attached hydrogen (secondary N) is 1. The summed E-state index contributed by atoms with van der Waals surface area (Å²) in [4.78, 5) is 11.9. The van der Waals surface area contributed by atoms with Crippen molar-refractivity contribution in [3.05, 3.63) is 58.7 Å². The van der Waals surface area contributed by atoms with Gasteiger partial charge in [-0.2, -0.15) is 0 Å². The first-order valence-electron chi connectivity index (χ1n) is 8.09. The molecule has 4 nitrogen and oxygen atoms in total. The highest BCUT2D eigenvalue weighted by molar-refractivity contribution is 7.92. The van der Waals surface area contributed by atoms with Crippen LogP contribution < -0.4 is 4.72 Å². The summed E-state index contributed by atoms with van der Waals surface area (Å²) >= 11 is 0. The topological polar surface area (TPSA) is 63.2 Å². The molecular formula is C19H21NO3S. The minimum Gasteiger partial charge on any atom is -0.299 e. The summed E-state index contributed by atoms with van der Waals surface area (Å²) < 4.78 is 28.0. The lowest BCUT2D eigenvalue weighted by molar-refractivity contribution is -0.118. The summed E-state index contributed by atoms with van der Waals surface area (Å²) in [5, 5.41) is 0. The van der Waals surface area contributed by atoms with Crippen LogP contribution in [-0.4, -0.2) is 14.2 Å². The fourth-order valence-corrected chi connectivity index (χ4v) is 4.07. The van der Waals surface area contributed by atoms with Crippen LogP contribution in [0.5, 0.6) is 0 Å². The lowest BCUT2D eigenvalue weighted by Gasteiger charge is -2.12. The van der Waals surface area contributed by atoms with E-state index in [1.807, 2.05) is 26.0 Å². The van der Waals surface area contributed by atoms with Crippen LogP contribution in [0.4, 0.5) is 5.69 Å². The summed E-state index contributed by atoms with van der Waals surface area (Å²) in [6.45, 7) is 3.94. The van der Waals surface area contributed by atoms with Crippen molar-refractivity contribution in [1.82, 2.24) is 0 Å². The first-order chi connectivity index (χ1) is 11.3. The number of hydrogen-bond acceptors (Lipinski definition) is 3. The monoisotopic (exact) mass is 343 g/mol. The van der Waals surface area contributed by atoms with Crippen molar-refractivity contribution >= 4 is 21.5 Å². The van der Waals surface area contributed by atoms with Gasteiger partial charge in [-0.05, 0) is 73.2 Å². The van der Waals surface area contributed by atoms with Crippen molar-refractivity contribution in [2.45, 2.75) is 44.4 Å². The Morgan fingerprint density at radius 2 is 1.71 bits per heavy atom. The largest absolute Gasteiger partial charge is 0.299 e. The molecule has 0 aromatic heterocycles. The molecule has 0 amide bonds. The van der Waals surface area contributed by atoms with E-state index >= 15 is 0 Å². The van der Waals surface area contributed by atoms with Gasteiger partial charge in [0.15, 0.2) is 0 Å². The molecule has 5 heteroatoms. The van der Waals surface area contributed by atoms with Crippen molar-refractivity contribution in [2.24, 2.45) is 0 Å². The number of benzene rings is 2. The average Bonchev–Trinajstić information content (AvgIpc) is 2.70. The molecule has 1 aliphatic carbocycles. The van der Waals surface area contributed by atoms with E-state index in [0.29, 0.717) is 18.5 Å². The van der Waals surface area contributed by atoms with Gasteiger partial charge in [-0.3, -0.25) is 9.52 Å². The Balaban J connectivity index is 1.91. The number of anilines is 1. The van der Waals surface area contributed by atoms with Crippen LogP contribution in [0.1, 0.15) is 35.1 Å². The van der Waals surface area contributed by atoms with Crippen molar-refractivity contribution in [3.63, 3.8) is 0 Å². The maximum Gasteiger partial charge on any atom is 0.261 e. The molecule has 1 N–H and O–H groups in total. The fourth-order valence-electron chi connectivity index (χ4n) is 2.97. The number of Topliss-reactive ketones (excluding diaryl/α,β-unsaturated/α-hetero) is 1. The number of sulfonamides is 1. The number of hydrogen-bond donors (Lipinski definition) is 1. The Morgan fingerprint density at radius 3 is 2.46 bits per heavy atom. The first-order valence-corrected chi connectivity index (χ1v) is 9.57. The second-order valence-electron chi connectivity index (χ2n) is 6.40. The number of carbonyl (C=O) groups is 1. The summed E-state index contributed by atoms with van der Waals surface area (Å²) in [5.41, 5.74) is 4.62. The molecule has 126 valence electrons. The summed E-state index contributed by atoms with van der Waals surface area (Å²) in [7, 11) is -3.64. The molecule has 2 aromatic rings. The Bertz CT molecular complexity index is 901. The third-order valence-electron chi connectivity index (χ3n) is 4.54. The highest BCUT2D eigenvalue weighted by Gasteiger charge is 2.19. The van der Waals surface area contributed by atoms with Crippen LogP contribution in [0.25, 0.3) is 0 Å². The zero-order valence-corrected chi connectivity index (χ0v) is 14.7. The van der Waals surface area contributed by atoms with Gasteiger partial charge in [0.25, 0.3) is 10.0 Å². The molecule has 24 heavy (non-hydrogen) atoms. The molecule has 0 unspecified atom stereocenters. The third kappa shape index (κ3) is 3.51. The van der Waals surface area contributed by atoms with Gasteiger partial charge >= 0.3 is 0 Å². The Labute approximate surface area is 143 Å². The van der Waals surface area contributed by atoms with E-state index in [-0.39, 0.29) is 10.7 Å². The molecule has 3 rings (SSSR count). The third-order valence-corrected chi connectivity index (χ3v) is 5.92. The Kier molecular flexibility index (Phi) is 4.45. The lowest BCUT2D eigenvalue weighted by atomic mass is 10.0. The molecule has 0 saturated carbocycles. The van der Waals surface area contributed by atoms with Gasteiger partial charge in [0.05, 0.1) is 4.90 Å². The van der Waals surface area contributed by atoms with Gasteiger partial charge in [-0.25, -0.2) is 8.42 Å². The normalized spacial score (nSPS) is 14.8. The summed E-state index contributed by atoms with van der Waals surface area (Å²) in [6.07, 6.45) is 2.49. The maximum atomic E-state index is 12.7. The van der Waals surface area contributed by atoms with Crippen LogP contribution in [0.15, 0.2) is 41.3 Å². The maximum absolute atomic E-state index is 12.7. The number of aryl methyl sites for hydroxylation is 3. The highest BCUT2D eigenvalue weighted by atomic mass is 32.2. The second-order valence-corrected chi connectivity index (χ2v) is 8.09. The predicted molar refractivity (Wildman–Crippen MR) is 94.8 cm³/mol. The molecule has 0 spiro atoms. The Hall–Kier alpha value is -2.14. The van der Waals surface area contributed by atoms with Gasteiger partial charge in [-0.1, -0.05) is 12.1 Å². The van der Waals surface area contributed by atoms with Crippen LogP contribution in [0.2, 0.25) is 0 Å². The van der Waals surface area contributed by atoms with Crippen LogP contribution >= 0.6 is 0 Å². The number of carbonyl (C=O) groups excluding carboxylic acids is 1. The zero-order valence-electron chi connectivity index (χ0n) is 13.9. The molecular weight excluding hydrogens is 322 g/mol. The smallest absolute Gasteiger partial charge is 0.261 e. The van der Waals surface area contributed by atoms with Gasteiger partial charge in [-0.15, -0.1) is 0 Å². The first kappa shape index (κ1) is 16.7. The SMILES string of the molecule is Cc1ccc(NS(=O)(=O)c2ccc3c(c2)CCCC(=O)C3)cc1C. The van der Waals surface area contributed by atoms with Gasteiger partial charge < -0.3 is 0 Å². The van der Waals surface area contributed by atoms with E-state index in [1.165, 1.54) is 0 Å². The minimum atomic E-state index is -3.64. The summed E-state index contributed by atoms with van der Waals surface area (Å²) in [5.74, 6) is 0.220. The van der Waals surface area contributed by atoms with Crippen LogP contribution in [0, 0.1) is 13.8 Å². The van der Waals surface area contributed by atoms with Crippen molar-refractivity contribution in [1.29, 1.82) is 0 Å². The quantitative estimate of drug-likeness (QED) is 0.867. The zero-order chi connectivity index (χ0) is 17.3. The molecule has 2 aromatic carbocycles. The van der Waals surface area contributed by atoms with Crippen LogP contribution in [0.3, 0.4) is 0 Å². The van der Waals surface area contributed by atoms with Crippen LogP contribution in [-0.2, 0) is 27.7 Å². The highest BCUT2D eigenvalue weighted by Crippen LogP contribution is 2.24.